The molecule has 0 aromatic carbocycles. The number of hydrogen-bond donors (Lipinski definition) is 0. The Balaban J connectivity index is 7.33. The maximum absolute atomic E-state index is 14.2. The molecule has 228 valence electrons. The molecule has 0 aromatic rings. The molecule has 38 heavy (non-hydrogen) atoms. The van der Waals surface area contributed by atoms with Crippen molar-refractivity contribution in [3.63, 3.8) is 0 Å². The summed E-state index contributed by atoms with van der Waals surface area (Å²) in [7, 11) is 0. The van der Waals surface area contributed by atoms with Crippen molar-refractivity contribution < 1.29 is 101 Å². The summed E-state index contributed by atoms with van der Waals surface area (Å²) in [4.78, 5) is 0. The van der Waals surface area contributed by atoms with Crippen LogP contribution in [0, 0.1) is 0 Å². The molecule has 3 atom stereocenters. The Morgan fingerprint density at radius 2 is 0.868 bits per heavy atom. The monoisotopic (exact) mass is 644 g/mol. The van der Waals surface area contributed by atoms with Gasteiger partial charge in [-0.25, -0.2) is 30.7 Å². The molecule has 0 aliphatic carbocycles. The van der Waals surface area contributed by atoms with Crippen LogP contribution in [0.4, 0.5) is 101 Å². The summed E-state index contributed by atoms with van der Waals surface area (Å²) in [6, 6.07) is 0. The quantitative estimate of drug-likeness (QED) is 0.209. The minimum Gasteiger partial charge on any atom is -0.234 e. The molecule has 0 rings (SSSR count). The summed E-state index contributed by atoms with van der Waals surface area (Å²) < 4.78 is 303. The summed E-state index contributed by atoms with van der Waals surface area (Å²) in [5, 5.41) is -3.28. The average Bonchev–Trinajstić information content (AvgIpc) is 2.73. The molecule has 0 aliphatic rings. The minimum absolute atomic E-state index is 1.80. The molecular formula is C14H4ClF23. The molecule has 0 aliphatic heterocycles. The van der Waals surface area contributed by atoms with E-state index < -0.39 is 83.4 Å². The predicted octanol–water partition coefficient (Wildman–Crippen LogP) is 8.70. The lowest BCUT2D eigenvalue weighted by molar-refractivity contribution is -0.442. The fourth-order valence-corrected chi connectivity index (χ4v) is 2.57. The summed E-state index contributed by atoms with van der Waals surface area (Å²) >= 11 is 4.10. The number of halogens is 24. The van der Waals surface area contributed by atoms with Crippen LogP contribution in [-0.2, 0) is 0 Å². The molecule has 0 fully saturated rings. The normalized spacial score (nSPS) is 19.4. The minimum atomic E-state index is -9.12. The van der Waals surface area contributed by atoms with E-state index in [1.807, 2.05) is 0 Å². The highest BCUT2D eigenvalue weighted by atomic mass is 35.5. The molecule has 0 radical (unpaired) electrons. The number of hydrogen-bond acceptors (Lipinski definition) is 0. The van der Waals surface area contributed by atoms with Gasteiger partial charge in [0.25, 0.3) is 6.43 Å². The van der Waals surface area contributed by atoms with Gasteiger partial charge in [0.2, 0.25) is 12.3 Å². The van der Waals surface area contributed by atoms with Gasteiger partial charge >= 0.3 is 53.3 Å². The number of allylic oxidation sites excluding steroid dienone is 1. The van der Waals surface area contributed by atoms with Crippen molar-refractivity contribution >= 4 is 11.6 Å². The van der Waals surface area contributed by atoms with Crippen molar-refractivity contribution in [1.82, 2.24) is 0 Å². The topological polar surface area (TPSA) is 0 Å². The largest absolute Gasteiger partial charge is 0.437 e. The van der Waals surface area contributed by atoms with E-state index in [9.17, 15) is 101 Å². The second-order valence-corrected chi connectivity index (χ2v) is 7.33. The van der Waals surface area contributed by atoms with Gasteiger partial charge in [0, 0.05) is 0 Å². The van der Waals surface area contributed by atoms with E-state index in [1.165, 1.54) is 0 Å². The molecule has 0 nitrogen and oxygen atoms in total. The lowest BCUT2D eigenvalue weighted by Crippen LogP contribution is -2.79. The van der Waals surface area contributed by atoms with E-state index in [1.54, 1.807) is 0 Å². The highest BCUT2D eigenvalue weighted by Crippen LogP contribution is 2.64. The molecule has 0 saturated heterocycles. The van der Waals surface area contributed by atoms with Crippen LogP contribution in [0.15, 0.2) is 11.4 Å². The summed E-state index contributed by atoms with van der Waals surface area (Å²) in [6.07, 6.45) is -39.6. The van der Waals surface area contributed by atoms with Crippen molar-refractivity contribution in [2.75, 3.05) is 0 Å². The fraction of sp³-hybridized carbons (Fsp3) is 0.857. The first-order chi connectivity index (χ1) is 16.2. The Kier molecular flexibility index (Phi) is 9.40. The Morgan fingerprint density at radius 3 is 1.13 bits per heavy atom. The maximum atomic E-state index is 14.2. The van der Waals surface area contributed by atoms with E-state index in [4.69, 9.17) is 0 Å². The predicted molar refractivity (Wildman–Crippen MR) is 75.4 cm³/mol. The lowest BCUT2D eigenvalue weighted by Gasteiger charge is -2.46. The second kappa shape index (κ2) is 9.81. The molecular weight excluding hydrogens is 641 g/mol. The number of alkyl halides is 22. The first kappa shape index (κ1) is 36.4. The SMILES string of the molecule is FC=C(Cl)C(F)(F)C(F)(F)C(F)C(F)(F)C(F)C(F)(F)C(F)(C(F)F)C(F)(F)C(F)(C(F)(F)F)C(F)(F)F. The molecule has 0 spiro atoms. The summed E-state index contributed by atoms with van der Waals surface area (Å²) in [6.45, 7) is 0. The van der Waals surface area contributed by atoms with E-state index in [2.05, 4.69) is 11.6 Å². The second-order valence-electron chi connectivity index (χ2n) is 6.92. The molecule has 0 aromatic heterocycles. The lowest BCUT2D eigenvalue weighted by atomic mass is 9.76. The zero-order valence-corrected chi connectivity index (χ0v) is 17.1. The highest BCUT2D eigenvalue weighted by Gasteiger charge is 2.96. The summed E-state index contributed by atoms with van der Waals surface area (Å²) in [5.74, 6) is -40.0. The Bertz CT molecular complexity index is 852. The van der Waals surface area contributed by atoms with E-state index >= 15 is 0 Å². The van der Waals surface area contributed by atoms with Gasteiger partial charge in [0.05, 0.1) is 0 Å². The summed E-state index contributed by atoms with van der Waals surface area (Å²) in [5.41, 5.74) is -17.7. The van der Waals surface area contributed by atoms with E-state index in [0.717, 1.165) is 0 Å². The molecule has 0 saturated carbocycles. The third-order valence-corrected chi connectivity index (χ3v) is 4.90. The number of rotatable bonds is 10. The highest BCUT2D eigenvalue weighted by molar-refractivity contribution is 6.30. The average molecular weight is 645 g/mol. The van der Waals surface area contributed by atoms with Crippen LogP contribution in [0.2, 0.25) is 0 Å². The Labute approximate surface area is 197 Å². The Morgan fingerprint density at radius 1 is 0.553 bits per heavy atom. The van der Waals surface area contributed by atoms with Gasteiger partial charge in [0.15, 0.2) is 0 Å². The van der Waals surface area contributed by atoms with Gasteiger partial charge in [-0.3, -0.25) is 0 Å². The third kappa shape index (κ3) is 4.70. The van der Waals surface area contributed by atoms with Crippen LogP contribution in [0.3, 0.4) is 0 Å². The van der Waals surface area contributed by atoms with Gasteiger partial charge < -0.3 is 0 Å². The van der Waals surface area contributed by atoms with Crippen LogP contribution >= 0.6 is 11.6 Å². The van der Waals surface area contributed by atoms with Crippen LogP contribution in [0.5, 0.6) is 0 Å². The Hall–Kier alpha value is -1.58. The van der Waals surface area contributed by atoms with E-state index in [-0.39, 0.29) is 0 Å². The van der Waals surface area contributed by atoms with Crippen molar-refractivity contribution in [2.45, 2.75) is 72.1 Å². The van der Waals surface area contributed by atoms with Crippen LogP contribution in [0.25, 0.3) is 0 Å². The van der Waals surface area contributed by atoms with Crippen molar-refractivity contribution in [3.8, 4) is 0 Å². The molecule has 3 unspecified atom stereocenters. The molecule has 0 N–H and O–H groups in total. The van der Waals surface area contributed by atoms with Crippen molar-refractivity contribution in [2.24, 2.45) is 0 Å². The fourth-order valence-electron chi connectivity index (χ4n) is 2.44. The zero-order chi connectivity index (χ0) is 31.5. The maximum Gasteiger partial charge on any atom is 0.437 e. The van der Waals surface area contributed by atoms with Crippen LogP contribution < -0.4 is 0 Å². The van der Waals surface area contributed by atoms with Gasteiger partial charge in [-0.05, 0) is 0 Å². The zero-order valence-electron chi connectivity index (χ0n) is 16.4. The smallest absolute Gasteiger partial charge is 0.234 e. The van der Waals surface area contributed by atoms with E-state index in [0.29, 0.717) is 0 Å². The van der Waals surface area contributed by atoms with Gasteiger partial charge in [0.1, 0.15) is 11.4 Å². The van der Waals surface area contributed by atoms with Crippen molar-refractivity contribution in [3.05, 3.63) is 11.4 Å². The molecule has 0 bridgehead atoms. The molecule has 0 heterocycles. The van der Waals surface area contributed by atoms with Gasteiger partial charge in [-0.15, -0.1) is 0 Å². The van der Waals surface area contributed by atoms with Crippen molar-refractivity contribution in [1.29, 1.82) is 0 Å². The molecule has 24 heteroatoms. The van der Waals surface area contributed by atoms with Crippen LogP contribution in [0.1, 0.15) is 0 Å². The standard InChI is InChI=1S/C14H4ClF23/c15-2(1-16)8(24,25)10(28,29)4(18)6(21,22)3(17)9(26,27)7(23,5(19)20)12(31,32)11(30,13(33,34)35)14(36,37)38/h1,3-5H. The first-order valence-corrected chi connectivity index (χ1v) is 8.54. The van der Waals surface area contributed by atoms with Gasteiger partial charge in [-0.1, -0.05) is 11.6 Å². The first-order valence-electron chi connectivity index (χ1n) is 8.16. The molecule has 0 amide bonds. The van der Waals surface area contributed by atoms with Gasteiger partial charge in [-0.2, -0.15) is 70.2 Å². The third-order valence-electron chi connectivity index (χ3n) is 4.58. The van der Waals surface area contributed by atoms with Crippen LogP contribution in [-0.4, -0.2) is 72.1 Å².